The maximum atomic E-state index is 13.1. The molecular formula is C25H25N5O2. The summed E-state index contributed by atoms with van der Waals surface area (Å²) >= 11 is 0. The lowest BCUT2D eigenvalue weighted by atomic mass is 9.79. The molecule has 0 saturated carbocycles. The van der Waals surface area contributed by atoms with E-state index in [4.69, 9.17) is 0 Å². The summed E-state index contributed by atoms with van der Waals surface area (Å²) in [6, 6.07) is 15.1. The summed E-state index contributed by atoms with van der Waals surface area (Å²) in [5.41, 5.74) is 6.04. The first kappa shape index (κ1) is 20.2. The van der Waals surface area contributed by atoms with Crippen LogP contribution in [0.1, 0.15) is 51.3 Å². The maximum absolute atomic E-state index is 13.1. The monoisotopic (exact) mass is 427 g/mol. The Kier molecular flexibility index (Phi) is 4.90. The van der Waals surface area contributed by atoms with Crippen LogP contribution in [0.4, 0.5) is 17.2 Å². The number of fused-ring (bicyclic) bond motifs is 2. The Morgan fingerprint density at radius 2 is 1.88 bits per heavy atom. The summed E-state index contributed by atoms with van der Waals surface area (Å²) in [4.78, 5) is 29.4. The summed E-state index contributed by atoms with van der Waals surface area (Å²) in [6.07, 6.45) is 1.63. The van der Waals surface area contributed by atoms with Gasteiger partial charge in [0.1, 0.15) is 5.82 Å². The number of aromatic nitrogens is 1. The number of nitrogens with one attached hydrogen (secondary N) is 4. The van der Waals surface area contributed by atoms with Crippen LogP contribution in [-0.2, 0) is 18.5 Å². The highest BCUT2D eigenvalue weighted by Crippen LogP contribution is 2.31. The molecule has 0 radical (unpaired) electrons. The Hall–Kier alpha value is -3.71. The third kappa shape index (κ3) is 3.71. The van der Waals surface area contributed by atoms with E-state index >= 15 is 0 Å². The van der Waals surface area contributed by atoms with E-state index in [0.717, 1.165) is 24.3 Å². The Morgan fingerprint density at radius 1 is 1.03 bits per heavy atom. The molecule has 0 fully saturated rings. The van der Waals surface area contributed by atoms with Crippen molar-refractivity contribution in [2.45, 2.75) is 32.4 Å². The second kappa shape index (κ2) is 7.76. The molecule has 0 atom stereocenters. The van der Waals surface area contributed by atoms with Gasteiger partial charge in [-0.1, -0.05) is 26.0 Å². The average Bonchev–Trinajstić information content (AvgIpc) is 3.14. The summed E-state index contributed by atoms with van der Waals surface area (Å²) in [5.74, 6) is 0.0966. The van der Waals surface area contributed by atoms with Crippen LogP contribution < -0.4 is 21.3 Å². The molecule has 0 unspecified atom stereocenters. The van der Waals surface area contributed by atoms with E-state index in [1.807, 2.05) is 24.3 Å². The molecule has 0 spiro atoms. The van der Waals surface area contributed by atoms with E-state index in [1.54, 1.807) is 24.4 Å². The molecule has 32 heavy (non-hydrogen) atoms. The van der Waals surface area contributed by atoms with Gasteiger partial charge in [-0.15, -0.1) is 0 Å². The minimum absolute atomic E-state index is 0.0589. The molecule has 2 aliphatic heterocycles. The smallest absolute Gasteiger partial charge is 0.259 e. The molecule has 7 nitrogen and oxygen atoms in total. The van der Waals surface area contributed by atoms with Crippen LogP contribution in [0.5, 0.6) is 0 Å². The SMILES string of the molecule is CC1(C)CNCc2cc(NC(=O)c3cccnc3Nc3ccc4c(c3)C(=O)NC4)ccc21. The van der Waals surface area contributed by atoms with Crippen molar-refractivity contribution in [3.05, 3.63) is 82.5 Å². The lowest BCUT2D eigenvalue weighted by Gasteiger charge is -2.33. The minimum atomic E-state index is -0.248. The predicted octanol–water partition coefficient (Wildman–Crippen LogP) is 3.70. The van der Waals surface area contributed by atoms with Gasteiger partial charge in [0.2, 0.25) is 0 Å². The molecule has 1 aromatic heterocycles. The zero-order valence-corrected chi connectivity index (χ0v) is 18.1. The van der Waals surface area contributed by atoms with Gasteiger partial charge in [-0.05, 0) is 53.1 Å². The van der Waals surface area contributed by atoms with E-state index in [9.17, 15) is 9.59 Å². The summed E-state index contributed by atoms with van der Waals surface area (Å²) in [7, 11) is 0. The second-order valence-corrected chi connectivity index (χ2v) is 8.89. The lowest BCUT2D eigenvalue weighted by molar-refractivity contribution is 0.0964. The van der Waals surface area contributed by atoms with Crippen LogP contribution in [0.15, 0.2) is 54.7 Å². The van der Waals surface area contributed by atoms with Gasteiger partial charge in [0, 0.05) is 48.2 Å². The molecule has 0 bridgehead atoms. The fraction of sp³-hybridized carbons (Fsp3) is 0.240. The van der Waals surface area contributed by atoms with Crippen LogP contribution in [0.3, 0.4) is 0 Å². The van der Waals surface area contributed by atoms with Crippen molar-refractivity contribution in [3.63, 3.8) is 0 Å². The number of benzene rings is 2. The first-order chi connectivity index (χ1) is 15.4. The third-order valence-corrected chi connectivity index (χ3v) is 6.08. The second-order valence-electron chi connectivity index (χ2n) is 8.89. The highest BCUT2D eigenvalue weighted by molar-refractivity contribution is 6.08. The topological polar surface area (TPSA) is 95.2 Å². The first-order valence-corrected chi connectivity index (χ1v) is 10.7. The summed E-state index contributed by atoms with van der Waals surface area (Å²) in [6.45, 7) is 6.69. The number of nitrogens with zero attached hydrogens (tertiary/aromatic N) is 1. The molecule has 4 N–H and O–H groups in total. The van der Waals surface area contributed by atoms with Gasteiger partial charge in [-0.3, -0.25) is 9.59 Å². The average molecular weight is 428 g/mol. The van der Waals surface area contributed by atoms with Gasteiger partial charge in [-0.2, -0.15) is 0 Å². The van der Waals surface area contributed by atoms with E-state index in [-0.39, 0.29) is 17.2 Å². The zero-order chi connectivity index (χ0) is 22.3. The van der Waals surface area contributed by atoms with Gasteiger partial charge in [0.05, 0.1) is 5.56 Å². The van der Waals surface area contributed by atoms with Crippen molar-refractivity contribution < 1.29 is 9.59 Å². The Labute approximate surface area is 186 Å². The van der Waals surface area contributed by atoms with Gasteiger partial charge < -0.3 is 21.3 Å². The van der Waals surface area contributed by atoms with Crippen molar-refractivity contribution in [1.82, 2.24) is 15.6 Å². The molecular weight excluding hydrogens is 402 g/mol. The molecule has 7 heteroatoms. The number of anilines is 3. The Morgan fingerprint density at radius 3 is 2.75 bits per heavy atom. The van der Waals surface area contributed by atoms with Crippen LogP contribution in [-0.4, -0.2) is 23.3 Å². The molecule has 0 aliphatic carbocycles. The summed E-state index contributed by atoms with van der Waals surface area (Å²) in [5, 5.41) is 12.4. The number of carbonyl (C=O) groups is 2. The van der Waals surface area contributed by atoms with Crippen molar-refractivity contribution in [2.24, 2.45) is 0 Å². The van der Waals surface area contributed by atoms with Gasteiger partial charge in [0.15, 0.2) is 0 Å². The predicted molar refractivity (Wildman–Crippen MR) is 124 cm³/mol. The fourth-order valence-corrected chi connectivity index (χ4v) is 4.40. The number of hydrogen-bond acceptors (Lipinski definition) is 5. The van der Waals surface area contributed by atoms with Gasteiger partial charge in [-0.25, -0.2) is 4.98 Å². The van der Waals surface area contributed by atoms with Gasteiger partial charge >= 0.3 is 0 Å². The standard InChI is InChI=1S/C25H25N5O2/c1-25(2)14-26-12-16-10-17(7-8-21(16)25)30-24(32)19-4-3-9-27-22(19)29-18-6-5-15-13-28-23(31)20(15)11-18/h3-11,26H,12-14H2,1-2H3,(H,27,29)(H,28,31)(H,30,32). The number of rotatable bonds is 4. The van der Waals surface area contributed by atoms with E-state index in [0.29, 0.717) is 29.2 Å². The van der Waals surface area contributed by atoms with Crippen molar-refractivity contribution in [3.8, 4) is 0 Å². The molecule has 2 aliphatic rings. The number of pyridine rings is 1. The number of carbonyl (C=O) groups excluding carboxylic acids is 2. The number of amides is 2. The quantitative estimate of drug-likeness (QED) is 0.509. The van der Waals surface area contributed by atoms with Crippen LogP contribution >= 0.6 is 0 Å². The molecule has 5 rings (SSSR count). The third-order valence-electron chi connectivity index (χ3n) is 6.08. The highest BCUT2D eigenvalue weighted by Gasteiger charge is 2.27. The number of hydrogen-bond donors (Lipinski definition) is 4. The molecule has 3 heterocycles. The van der Waals surface area contributed by atoms with Crippen molar-refractivity contribution >= 4 is 29.0 Å². The van der Waals surface area contributed by atoms with Crippen LogP contribution in [0, 0.1) is 0 Å². The van der Waals surface area contributed by atoms with E-state index in [1.165, 1.54) is 11.1 Å². The van der Waals surface area contributed by atoms with Crippen molar-refractivity contribution in [2.75, 3.05) is 17.2 Å². The highest BCUT2D eigenvalue weighted by atomic mass is 16.2. The fourth-order valence-electron chi connectivity index (χ4n) is 4.40. The maximum Gasteiger partial charge on any atom is 0.259 e. The molecule has 3 aromatic rings. The summed E-state index contributed by atoms with van der Waals surface area (Å²) < 4.78 is 0. The van der Waals surface area contributed by atoms with Crippen molar-refractivity contribution in [1.29, 1.82) is 0 Å². The van der Waals surface area contributed by atoms with E-state index in [2.05, 4.69) is 46.2 Å². The molecule has 2 amide bonds. The normalized spacial score (nSPS) is 16.0. The minimum Gasteiger partial charge on any atom is -0.348 e. The largest absolute Gasteiger partial charge is 0.348 e. The first-order valence-electron chi connectivity index (χ1n) is 10.7. The molecule has 2 aromatic carbocycles. The zero-order valence-electron chi connectivity index (χ0n) is 18.1. The molecule has 162 valence electrons. The van der Waals surface area contributed by atoms with Gasteiger partial charge in [0.25, 0.3) is 11.8 Å². The Bertz CT molecular complexity index is 1230. The van der Waals surface area contributed by atoms with Crippen LogP contribution in [0.25, 0.3) is 0 Å². The van der Waals surface area contributed by atoms with E-state index < -0.39 is 0 Å². The Balaban J connectivity index is 1.38. The molecule has 0 saturated heterocycles. The lowest BCUT2D eigenvalue weighted by Crippen LogP contribution is -2.38. The van der Waals surface area contributed by atoms with Crippen LogP contribution in [0.2, 0.25) is 0 Å².